The fraction of sp³-hybridized carbons (Fsp3) is 0.194. The van der Waals surface area contributed by atoms with Crippen LogP contribution in [0, 0.1) is 5.92 Å². The van der Waals surface area contributed by atoms with Gasteiger partial charge in [0.1, 0.15) is 35.4 Å². The third-order valence-electron chi connectivity index (χ3n) is 14.3. The van der Waals surface area contributed by atoms with Gasteiger partial charge in [0.2, 0.25) is 0 Å². The van der Waals surface area contributed by atoms with E-state index in [9.17, 15) is 19.2 Å². The van der Waals surface area contributed by atoms with Crippen molar-refractivity contribution in [1.29, 1.82) is 0 Å². The monoisotopic (exact) mass is 1010 g/mol. The predicted molar refractivity (Wildman–Crippen MR) is 299 cm³/mol. The summed E-state index contributed by atoms with van der Waals surface area (Å²) in [6.45, 7) is 7.78. The SMILES string of the molecule is C=C(C)C(=O)Oc1ccc2cc(COc3ccc(C(=O)Oc4ccc5ccccc5c4-c4c(OC(=O)c5ccc(OC(=O)c6ccc(C7CCC(CCCCC)CC7)cc6)cc5)ccc5ccccc45)cc3)ccc2c1. The molecule has 1 aliphatic carbocycles. The Labute approximate surface area is 442 Å². The predicted octanol–water partition coefficient (Wildman–Crippen LogP) is 16.4. The highest BCUT2D eigenvalue weighted by molar-refractivity contribution is 6.11. The maximum absolute atomic E-state index is 14.1. The van der Waals surface area contributed by atoms with Crippen molar-refractivity contribution in [2.75, 3.05) is 0 Å². The molecule has 0 aromatic heterocycles. The van der Waals surface area contributed by atoms with Crippen molar-refractivity contribution in [2.24, 2.45) is 5.92 Å². The topological polar surface area (TPSA) is 114 Å². The summed E-state index contributed by atoms with van der Waals surface area (Å²) in [7, 11) is 0. The lowest BCUT2D eigenvalue weighted by atomic mass is 9.77. The summed E-state index contributed by atoms with van der Waals surface area (Å²) in [4.78, 5) is 53.4. The van der Waals surface area contributed by atoms with Crippen molar-refractivity contribution < 1.29 is 42.9 Å². The molecule has 1 fully saturated rings. The molecule has 76 heavy (non-hydrogen) atoms. The summed E-state index contributed by atoms with van der Waals surface area (Å²) >= 11 is 0. The summed E-state index contributed by atoms with van der Waals surface area (Å²) in [5.74, 6) is 1.02. The number of unbranched alkanes of at least 4 members (excludes halogenated alkanes) is 2. The maximum atomic E-state index is 14.1. The second kappa shape index (κ2) is 23.2. The first kappa shape index (κ1) is 50.7. The van der Waals surface area contributed by atoms with Gasteiger partial charge in [0.05, 0.1) is 16.7 Å². The van der Waals surface area contributed by atoms with E-state index in [2.05, 4.69) is 25.6 Å². The Hall–Kier alpha value is -8.82. The van der Waals surface area contributed by atoms with Gasteiger partial charge in [-0.1, -0.05) is 130 Å². The van der Waals surface area contributed by atoms with E-state index in [1.807, 2.05) is 97.1 Å². The number of carbonyl (C=O) groups excluding carboxylic acids is 4. The van der Waals surface area contributed by atoms with Gasteiger partial charge in [-0.05, 0) is 179 Å². The summed E-state index contributed by atoms with van der Waals surface area (Å²) < 4.78 is 29.8. The number of ether oxygens (including phenoxy) is 5. The molecule has 0 N–H and O–H groups in total. The standard InChI is InChI=1S/C67H58O9/c1-4-5-6-11-44-16-19-46(20-17-44)47-22-24-50(25-23-47)65(69)73-56-35-28-52(29-36-56)67(71)76-61-39-32-49-13-8-10-15-59(49)63(61)62-58-14-9-7-12-48(58)31-38-60(62)75-66(70)51-26-33-55(34-27-51)72-42-45-18-21-54-41-57(37-30-53(54)40-45)74-64(68)43(2)3/h7-10,12-15,18,21-41,44,46H,2,4-6,11,16-17,19-20,42H2,1,3H3. The van der Waals surface area contributed by atoms with Crippen LogP contribution in [0.2, 0.25) is 0 Å². The number of hydrogen-bond donors (Lipinski definition) is 0. The molecule has 0 unspecified atom stereocenters. The molecule has 1 saturated carbocycles. The van der Waals surface area contributed by atoms with E-state index in [0.717, 1.165) is 43.8 Å². The molecule has 0 spiro atoms. The van der Waals surface area contributed by atoms with Gasteiger partial charge in [-0.2, -0.15) is 0 Å². The lowest BCUT2D eigenvalue weighted by Crippen LogP contribution is -2.14. The fourth-order valence-electron chi connectivity index (χ4n) is 10.2. The van der Waals surface area contributed by atoms with Gasteiger partial charge >= 0.3 is 23.9 Å². The number of hydrogen-bond acceptors (Lipinski definition) is 9. The third-order valence-corrected chi connectivity index (χ3v) is 14.3. The van der Waals surface area contributed by atoms with E-state index in [0.29, 0.717) is 51.0 Å². The fourth-order valence-corrected chi connectivity index (χ4v) is 10.2. The Morgan fingerprint density at radius 3 is 1.57 bits per heavy atom. The molecule has 0 aliphatic heterocycles. The molecule has 0 amide bonds. The minimum Gasteiger partial charge on any atom is -0.489 e. The second-order valence-electron chi connectivity index (χ2n) is 19.7. The average Bonchev–Trinajstić information content (AvgIpc) is 3.49. The van der Waals surface area contributed by atoms with Crippen LogP contribution in [-0.2, 0) is 11.4 Å². The zero-order valence-electron chi connectivity index (χ0n) is 42.7. The molecule has 9 heteroatoms. The van der Waals surface area contributed by atoms with Crippen LogP contribution in [-0.4, -0.2) is 23.9 Å². The summed E-state index contributed by atoms with van der Waals surface area (Å²) in [5, 5.41) is 5.21. The zero-order chi connectivity index (χ0) is 52.5. The highest BCUT2D eigenvalue weighted by Crippen LogP contribution is 2.46. The quantitative estimate of drug-likeness (QED) is 0.0381. The number of rotatable bonds is 17. The number of fused-ring (bicyclic) bond motifs is 3. The Bertz CT molecular complexity index is 3610. The van der Waals surface area contributed by atoms with Gasteiger partial charge in [-0.15, -0.1) is 0 Å². The van der Waals surface area contributed by atoms with E-state index in [1.54, 1.807) is 79.7 Å². The van der Waals surface area contributed by atoms with E-state index < -0.39 is 23.9 Å². The summed E-state index contributed by atoms with van der Waals surface area (Å²) in [6, 6.07) is 55.0. The van der Waals surface area contributed by atoms with Crippen molar-refractivity contribution in [3.63, 3.8) is 0 Å². The molecule has 0 heterocycles. The molecular formula is C67H58O9. The van der Waals surface area contributed by atoms with Gasteiger partial charge in [-0.25, -0.2) is 19.2 Å². The van der Waals surface area contributed by atoms with Crippen LogP contribution in [0.25, 0.3) is 43.4 Å². The molecule has 1 aliphatic rings. The van der Waals surface area contributed by atoms with Gasteiger partial charge < -0.3 is 23.7 Å². The van der Waals surface area contributed by atoms with E-state index in [1.165, 1.54) is 56.9 Å². The number of esters is 4. The van der Waals surface area contributed by atoms with Crippen LogP contribution in [0.4, 0.5) is 0 Å². The van der Waals surface area contributed by atoms with Crippen LogP contribution in [0.1, 0.15) is 113 Å². The van der Waals surface area contributed by atoms with Crippen molar-refractivity contribution in [1.82, 2.24) is 0 Å². The van der Waals surface area contributed by atoms with Gasteiger partial charge in [-0.3, -0.25) is 0 Å². The first-order valence-electron chi connectivity index (χ1n) is 26.1. The van der Waals surface area contributed by atoms with Crippen molar-refractivity contribution in [2.45, 2.75) is 77.7 Å². The first-order valence-corrected chi connectivity index (χ1v) is 26.1. The lowest BCUT2D eigenvalue weighted by molar-refractivity contribution is -0.130. The largest absolute Gasteiger partial charge is 0.489 e. The smallest absolute Gasteiger partial charge is 0.343 e. The number of carbonyl (C=O) groups is 4. The lowest BCUT2D eigenvalue weighted by Gasteiger charge is -2.29. The van der Waals surface area contributed by atoms with E-state index in [4.69, 9.17) is 23.7 Å². The molecule has 0 atom stereocenters. The van der Waals surface area contributed by atoms with E-state index >= 15 is 0 Å². The number of benzene rings is 9. The van der Waals surface area contributed by atoms with Gasteiger partial charge in [0, 0.05) is 16.7 Å². The van der Waals surface area contributed by atoms with Crippen LogP contribution in [0.15, 0.2) is 194 Å². The van der Waals surface area contributed by atoms with Crippen molar-refractivity contribution in [3.05, 3.63) is 222 Å². The molecule has 0 bridgehead atoms. The molecule has 9 nitrogen and oxygen atoms in total. The Kier molecular flexibility index (Phi) is 15.5. The Balaban J connectivity index is 0.827. The van der Waals surface area contributed by atoms with Crippen molar-refractivity contribution >= 4 is 56.2 Å². The molecule has 9 aromatic carbocycles. The third kappa shape index (κ3) is 11.7. The van der Waals surface area contributed by atoms with Gasteiger partial charge in [0.15, 0.2) is 0 Å². The average molecular weight is 1010 g/mol. The first-order chi connectivity index (χ1) is 37.1. The molecule has 0 radical (unpaired) electrons. The molecule has 0 saturated heterocycles. The second-order valence-corrected chi connectivity index (χ2v) is 19.7. The van der Waals surface area contributed by atoms with Crippen molar-refractivity contribution in [3.8, 4) is 39.9 Å². The van der Waals surface area contributed by atoms with Crippen LogP contribution in [0.5, 0.6) is 28.7 Å². The summed E-state index contributed by atoms with van der Waals surface area (Å²) in [5.41, 5.74) is 4.68. The minimum absolute atomic E-state index is 0.247. The molecular weight excluding hydrogens is 949 g/mol. The maximum Gasteiger partial charge on any atom is 0.343 e. The zero-order valence-corrected chi connectivity index (χ0v) is 42.7. The van der Waals surface area contributed by atoms with Crippen LogP contribution >= 0.6 is 0 Å². The highest BCUT2D eigenvalue weighted by Gasteiger charge is 2.25. The molecule has 10 rings (SSSR count). The van der Waals surface area contributed by atoms with Gasteiger partial charge in [0.25, 0.3) is 0 Å². The molecule has 9 aromatic rings. The Morgan fingerprint density at radius 1 is 0.487 bits per heavy atom. The van der Waals surface area contributed by atoms with Crippen LogP contribution in [0.3, 0.4) is 0 Å². The Morgan fingerprint density at radius 2 is 0.987 bits per heavy atom. The normalized spacial score (nSPS) is 14.2. The highest BCUT2D eigenvalue weighted by atomic mass is 16.5. The summed E-state index contributed by atoms with van der Waals surface area (Å²) in [6.07, 6.45) is 10.1. The minimum atomic E-state index is -0.626. The van der Waals surface area contributed by atoms with Crippen LogP contribution < -0.4 is 23.7 Å². The molecule has 380 valence electrons. The van der Waals surface area contributed by atoms with E-state index in [-0.39, 0.29) is 23.7 Å².